The first-order valence-corrected chi connectivity index (χ1v) is 7.21. The van der Waals surface area contributed by atoms with Crippen molar-refractivity contribution in [3.05, 3.63) is 28.2 Å². The molecular formula is C9H5Cl4NO2S. The van der Waals surface area contributed by atoms with Crippen molar-refractivity contribution in [3.8, 4) is 0 Å². The first-order valence-electron chi connectivity index (χ1n) is 4.41. The molecule has 1 amide bonds. The van der Waals surface area contributed by atoms with E-state index in [4.69, 9.17) is 46.4 Å². The van der Waals surface area contributed by atoms with Gasteiger partial charge in [0.15, 0.2) is 5.38 Å². The van der Waals surface area contributed by atoms with E-state index in [9.17, 15) is 9.35 Å². The van der Waals surface area contributed by atoms with Crippen LogP contribution in [0.3, 0.4) is 0 Å². The van der Waals surface area contributed by atoms with Gasteiger partial charge in [-0.3, -0.25) is 4.79 Å². The fraction of sp³-hybridized carbons (Fsp3) is 0.222. The largest absolute Gasteiger partial charge is 0.591 e. The van der Waals surface area contributed by atoms with Crippen molar-refractivity contribution in [2.75, 3.05) is 4.31 Å². The molecule has 92 valence electrons. The molecule has 1 aliphatic heterocycles. The van der Waals surface area contributed by atoms with Crippen LogP contribution in [-0.2, 0) is 16.2 Å². The second-order valence-electron chi connectivity index (χ2n) is 3.26. The van der Waals surface area contributed by atoms with Gasteiger partial charge in [0, 0.05) is 0 Å². The summed E-state index contributed by atoms with van der Waals surface area (Å²) in [5.41, 5.74) is 0.358. The van der Waals surface area contributed by atoms with Crippen molar-refractivity contribution in [2.24, 2.45) is 0 Å². The molecule has 17 heavy (non-hydrogen) atoms. The molecule has 3 nitrogen and oxygen atoms in total. The Hall–Kier alpha value is 0.160. The summed E-state index contributed by atoms with van der Waals surface area (Å²) in [4.78, 5) is 11.8. The van der Waals surface area contributed by atoms with Gasteiger partial charge in [-0.05, 0) is 18.2 Å². The summed E-state index contributed by atoms with van der Waals surface area (Å²) in [6.07, 6.45) is 0. The molecule has 1 saturated heterocycles. The molecule has 3 unspecified atom stereocenters. The third-order valence-electron chi connectivity index (χ3n) is 2.18. The number of rotatable bonds is 1. The van der Waals surface area contributed by atoms with Crippen LogP contribution in [0.4, 0.5) is 5.69 Å². The summed E-state index contributed by atoms with van der Waals surface area (Å²) in [6, 6.07) is 4.48. The Labute approximate surface area is 121 Å². The standard InChI is InChI=1S/C9H5Cl4NO2S/c10-5-2-1-4(3-6(5)11)14-9(15)7(12)8(13)17(14)16/h1-3,7-8H. The average Bonchev–Trinajstić information content (AvgIpc) is 2.48. The summed E-state index contributed by atoms with van der Waals surface area (Å²) >= 11 is 21.4. The van der Waals surface area contributed by atoms with Gasteiger partial charge in [-0.15, -0.1) is 15.9 Å². The molecule has 0 radical (unpaired) electrons. The third kappa shape index (κ3) is 2.35. The Morgan fingerprint density at radius 1 is 1.24 bits per heavy atom. The lowest BCUT2D eigenvalue weighted by Crippen LogP contribution is -2.31. The topological polar surface area (TPSA) is 43.4 Å². The highest BCUT2D eigenvalue weighted by molar-refractivity contribution is 7.96. The number of nitrogens with zero attached hydrogens (tertiary/aromatic N) is 1. The lowest BCUT2D eigenvalue weighted by molar-refractivity contribution is -0.116. The predicted octanol–water partition coefficient (Wildman–Crippen LogP) is 3.18. The Balaban J connectivity index is 2.40. The number of carbonyl (C=O) groups is 1. The number of hydrogen-bond donors (Lipinski definition) is 0. The van der Waals surface area contributed by atoms with Gasteiger partial charge >= 0.3 is 0 Å². The van der Waals surface area contributed by atoms with Crippen molar-refractivity contribution < 1.29 is 9.35 Å². The van der Waals surface area contributed by atoms with E-state index in [2.05, 4.69) is 0 Å². The van der Waals surface area contributed by atoms with Crippen molar-refractivity contribution in [2.45, 2.75) is 10.1 Å². The number of carbonyl (C=O) groups excluding carboxylic acids is 1. The molecule has 1 aromatic rings. The zero-order chi connectivity index (χ0) is 12.7. The van der Waals surface area contributed by atoms with Gasteiger partial charge < -0.3 is 4.55 Å². The Morgan fingerprint density at radius 3 is 2.35 bits per heavy atom. The second kappa shape index (κ2) is 5.03. The van der Waals surface area contributed by atoms with Gasteiger partial charge in [0.2, 0.25) is 4.71 Å². The first kappa shape index (κ1) is 13.6. The number of alkyl halides is 2. The molecule has 0 bridgehead atoms. The van der Waals surface area contributed by atoms with E-state index in [0.29, 0.717) is 10.7 Å². The summed E-state index contributed by atoms with van der Waals surface area (Å²) < 4.78 is 11.9. The van der Waals surface area contributed by atoms with E-state index in [1.165, 1.54) is 18.2 Å². The minimum atomic E-state index is -1.72. The highest BCUT2D eigenvalue weighted by atomic mass is 35.5. The van der Waals surface area contributed by atoms with Gasteiger partial charge in [-0.1, -0.05) is 34.8 Å². The number of benzene rings is 1. The maximum Gasteiger partial charge on any atom is 0.294 e. The quantitative estimate of drug-likeness (QED) is 0.585. The van der Waals surface area contributed by atoms with Crippen molar-refractivity contribution >= 4 is 69.4 Å². The number of hydrogen-bond acceptors (Lipinski definition) is 2. The van der Waals surface area contributed by atoms with E-state index in [1.807, 2.05) is 0 Å². The molecule has 3 atom stereocenters. The molecule has 1 aromatic carbocycles. The third-order valence-corrected chi connectivity index (χ3v) is 5.75. The molecule has 0 spiro atoms. The fourth-order valence-corrected chi connectivity index (χ4v) is 3.55. The maximum atomic E-state index is 11.8. The number of amides is 1. The first-order chi connectivity index (χ1) is 7.93. The highest BCUT2D eigenvalue weighted by Gasteiger charge is 2.51. The van der Waals surface area contributed by atoms with E-state index in [1.54, 1.807) is 0 Å². The average molecular weight is 333 g/mol. The highest BCUT2D eigenvalue weighted by Crippen LogP contribution is 2.36. The Bertz CT molecular complexity index is 472. The second-order valence-corrected chi connectivity index (χ2v) is 6.70. The van der Waals surface area contributed by atoms with E-state index < -0.39 is 27.4 Å². The molecule has 0 aliphatic carbocycles. The van der Waals surface area contributed by atoms with Crippen LogP contribution >= 0.6 is 46.4 Å². The molecule has 1 heterocycles. The van der Waals surface area contributed by atoms with Crippen molar-refractivity contribution in [1.82, 2.24) is 0 Å². The zero-order valence-corrected chi connectivity index (χ0v) is 11.9. The lowest BCUT2D eigenvalue weighted by atomic mass is 10.3. The van der Waals surface area contributed by atoms with Crippen molar-refractivity contribution in [1.29, 1.82) is 0 Å². The maximum absolute atomic E-state index is 11.8. The zero-order valence-electron chi connectivity index (χ0n) is 8.07. The molecule has 2 rings (SSSR count). The van der Waals surface area contributed by atoms with Crippen LogP contribution in [0.5, 0.6) is 0 Å². The van der Waals surface area contributed by atoms with Gasteiger partial charge in [0.25, 0.3) is 5.91 Å². The normalized spacial score (nSPS) is 28.9. The molecule has 0 N–H and O–H groups in total. The minimum absolute atomic E-state index is 0.262. The summed E-state index contributed by atoms with van der Waals surface area (Å²) in [6.45, 7) is 0. The smallest absolute Gasteiger partial charge is 0.294 e. The van der Waals surface area contributed by atoms with Gasteiger partial charge in [-0.25, -0.2) is 0 Å². The number of anilines is 1. The van der Waals surface area contributed by atoms with Crippen LogP contribution in [0.25, 0.3) is 0 Å². The molecule has 1 aliphatic rings. The van der Waals surface area contributed by atoms with Gasteiger partial charge in [0.1, 0.15) is 0 Å². The molecule has 8 heteroatoms. The van der Waals surface area contributed by atoms with Crippen LogP contribution < -0.4 is 4.31 Å². The Kier molecular flexibility index (Phi) is 4.02. The molecule has 0 aromatic heterocycles. The fourth-order valence-electron chi connectivity index (χ4n) is 1.36. The SMILES string of the molecule is O=C1C(Cl)C(Cl)[S+]([O-])N1c1ccc(Cl)c(Cl)c1. The summed E-state index contributed by atoms with van der Waals surface area (Å²) in [5, 5.41) is -0.400. The lowest BCUT2D eigenvalue weighted by Gasteiger charge is -2.17. The molecular weight excluding hydrogens is 328 g/mol. The minimum Gasteiger partial charge on any atom is -0.591 e. The predicted molar refractivity (Wildman–Crippen MR) is 71.4 cm³/mol. The Morgan fingerprint density at radius 2 is 1.88 bits per heavy atom. The van der Waals surface area contributed by atoms with E-state index in [0.717, 1.165) is 4.31 Å². The summed E-state index contributed by atoms with van der Waals surface area (Å²) in [5.74, 6) is -0.511. The molecule has 1 fully saturated rings. The molecule has 0 saturated carbocycles. The summed E-state index contributed by atoms with van der Waals surface area (Å²) in [7, 11) is 0. The van der Waals surface area contributed by atoms with Crippen molar-refractivity contribution in [3.63, 3.8) is 0 Å². The van der Waals surface area contributed by atoms with Gasteiger partial charge in [-0.2, -0.15) is 0 Å². The van der Waals surface area contributed by atoms with E-state index >= 15 is 0 Å². The van der Waals surface area contributed by atoms with E-state index in [-0.39, 0.29) is 5.02 Å². The number of halogens is 4. The van der Waals surface area contributed by atoms with Gasteiger partial charge in [0.05, 0.1) is 27.1 Å². The van der Waals surface area contributed by atoms with Crippen LogP contribution in [0.2, 0.25) is 10.0 Å². The van der Waals surface area contributed by atoms with Crippen LogP contribution in [0, 0.1) is 0 Å². The van der Waals surface area contributed by atoms with Crippen LogP contribution in [-0.4, -0.2) is 20.5 Å². The van der Waals surface area contributed by atoms with Crippen LogP contribution in [0.15, 0.2) is 18.2 Å². The monoisotopic (exact) mass is 331 g/mol. The van der Waals surface area contributed by atoms with Crippen LogP contribution in [0.1, 0.15) is 0 Å².